The Balaban J connectivity index is 2.01. The van der Waals surface area contributed by atoms with Crippen molar-refractivity contribution in [3.63, 3.8) is 0 Å². The summed E-state index contributed by atoms with van der Waals surface area (Å²) in [6, 6.07) is 4.09. The summed E-state index contributed by atoms with van der Waals surface area (Å²) in [5, 5.41) is 22.0. The van der Waals surface area contributed by atoms with Crippen LogP contribution in [0.5, 0.6) is 0 Å². The number of aryl methyl sites for hydroxylation is 2. The van der Waals surface area contributed by atoms with Crippen molar-refractivity contribution in [2.45, 2.75) is 39.8 Å². The highest BCUT2D eigenvalue weighted by atomic mass is 16.6. The second-order valence-electron chi connectivity index (χ2n) is 5.01. The highest BCUT2D eigenvalue weighted by Gasteiger charge is 2.16. The number of unbranched alkanes of at least 4 members (excludes halogenated alkanes) is 1. The number of nitro groups is 1. The molecule has 0 aliphatic heterocycles. The normalized spacial score (nSPS) is 10.5. The summed E-state index contributed by atoms with van der Waals surface area (Å²) in [7, 11) is 0. The van der Waals surface area contributed by atoms with E-state index in [1.54, 1.807) is 11.6 Å². The number of benzene rings is 1. The minimum atomic E-state index is -0.576. The highest BCUT2D eigenvalue weighted by Crippen LogP contribution is 2.19. The van der Waals surface area contributed by atoms with Gasteiger partial charge in [0.25, 0.3) is 5.69 Å². The molecule has 9 nitrogen and oxygen atoms in total. The van der Waals surface area contributed by atoms with Crippen LogP contribution in [0.15, 0.2) is 18.2 Å². The van der Waals surface area contributed by atoms with Crippen LogP contribution in [-0.4, -0.2) is 31.1 Å². The van der Waals surface area contributed by atoms with Crippen LogP contribution in [0.4, 0.5) is 5.69 Å². The third-order valence-electron chi connectivity index (χ3n) is 3.29. The molecule has 0 radical (unpaired) electrons. The van der Waals surface area contributed by atoms with Crippen LogP contribution >= 0.6 is 0 Å². The van der Waals surface area contributed by atoms with Crippen LogP contribution in [0.2, 0.25) is 0 Å². The van der Waals surface area contributed by atoms with Gasteiger partial charge in [0, 0.05) is 18.2 Å². The van der Waals surface area contributed by atoms with Gasteiger partial charge in [-0.25, -0.2) is 9.48 Å². The first-order valence-electron chi connectivity index (χ1n) is 7.20. The van der Waals surface area contributed by atoms with E-state index in [1.165, 1.54) is 18.2 Å². The molecule has 1 aromatic carbocycles. The summed E-state index contributed by atoms with van der Waals surface area (Å²) in [5.74, 6) is -0.113. The van der Waals surface area contributed by atoms with E-state index in [4.69, 9.17) is 4.74 Å². The summed E-state index contributed by atoms with van der Waals surface area (Å²) in [6.07, 6.45) is 1.93. The Morgan fingerprint density at radius 2 is 2.22 bits per heavy atom. The fourth-order valence-corrected chi connectivity index (χ4v) is 2.01. The summed E-state index contributed by atoms with van der Waals surface area (Å²) < 4.78 is 6.77. The first-order valence-corrected chi connectivity index (χ1v) is 7.20. The third kappa shape index (κ3) is 4.09. The highest BCUT2D eigenvalue weighted by molar-refractivity contribution is 5.90. The zero-order chi connectivity index (χ0) is 16.8. The summed E-state index contributed by atoms with van der Waals surface area (Å²) >= 11 is 0. The fourth-order valence-electron chi connectivity index (χ4n) is 2.01. The van der Waals surface area contributed by atoms with Crippen LogP contribution in [0.1, 0.15) is 41.5 Å². The molecular weight excluding hydrogens is 302 g/mol. The maximum absolute atomic E-state index is 12.0. The van der Waals surface area contributed by atoms with Crippen molar-refractivity contribution in [3.05, 3.63) is 45.3 Å². The second kappa shape index (κ2) is 7.43. The molecule has 0 fully saturated rings. The molecule has 1 heterocycles. The van der Waals surface area contributed by atoms with E-state index in [-0.39, 0.29) is 17.9 Å². The van der Waals surface area contributed by atoms with Crippen LogP contribution in [0.25, 0.3) is 0 Å². The Hall–Kier alpha value is -2.84. The second-order valence-corrected chi connectivity index (χ2v) is 5.01. The number of esters is 1. The van der Waals surface area contributed by atoms with Crippen LogP contribution in [0.3, 0.4) is 0 Å². The Kier molecular flexibility index (Phi) is 5.34. The van der Waals surface area contributed by atoms with Gasteiger partial charge in [0.15, 0.2) is 12.4 Å². The molecule has 0 amide bonds. The summed E-state index contributed by atoms with van der Waals surface area (Å²) in [4.78, 5) is 22.3. The lowest BCUT2D eigenvalue weighted by atomic mass is 10.1. The topological polar surface area (TPSA) is 113 Å². The lowest BCUT2D eigenvalue weighted by Crippen LogP contribution is -2.11. The molecule has 2 aromatic rings. The van der Waals surface area contributed by atoms with Gasteiger partial charge in [0.2, 0.25) is 0 Å². The Morgan fingerprint density at radius 1 is 1.43 bits per heavy atom. The lowest BCUT2D eigenvalue weighted by molar-refractivity contribution is -0.385. The number of carbonyl (C=O) groups is 1. The molecule has 0 saturated heterocycles. The molecule has 122 valence electrons. The summed E-state index contributed by atoms with van der Waals surface area (Å²) in [5.41, 5.74) is 0.614. The van der Waals surface area contributed by atoms with Crippen molar-refractivity contribution in [3.8, 4) is 0 Å². The van der Waals surface area contributed by atoms with Crippen LogP contribution < -0.4 is 0 Å². The fraction of sp³-hybridized carbons (Fsp3) is 0.429. The molecule has 0 N–H and O–H groups in total. The smallest absolute Gasteiger partial charge is 0.338 e. The van der Waals surface area contributed by atoms with E-state index in [0.29, 0.717) is 17.9 Å². The predicted octanol–water partition coefficient (Wildman–Crippen LogP) is 2.05. The quantitative estimate of drug-likeness (QED) is 0.436. The molecule has 23 heavy (non-hydrogen) atoms. The molecule has 0 atom stereocenters. The number of hydrogen-bond acceptors (Lipinski definition) is 7. The average Bonchev–Trinajstić information content (AvgIpc) is 2.97. The van der Waals surface area contributed by atoms with Crippen molar-refractivity contribution in [2.24, 2.45) is 0 Å². The predicted molar refractivity (Wildman–Crippen MR) is 79.7 cm³/mol. The van der Waals surface area contributed by atoms with Gasteiger partial charge in [0.1, 0.15) is 0 Å². The zero-order valence-electron chi connectivity index (χ0n) is 12.9. The van der Waals surface area contributed by atoms with Gasteiger partial charge in [0.05, 0.1) is 10.5 Å². The number of hydrogen-bond donors (Lipinski definition) is 0. The standard InChI is InChI=1S/C14H17N5O4/c1-3-4-7-18-13(15-16-17-18)9-23-14(20)11-5-6-12(19(21)22)10(2)8-11/h5-6,8H,3-4,7,9H2,1-2H3. The first kappa shape index (κ1) is 16.5. The Morgan fingerprint density at radius 3 is 2.87 bits per heavy atom. The van der Waals surface area contributed by atoms with Crippen molar-refractivity contribution >= 4 is 11.7 Å². The molecule has 2 rings (SSSR count). The monoisotopic (exact) mass is 319 g/mol. The van der Waals surface area contributed by atoms with Crippen LogP contribution in [-0.2, 0) is 17.9 Å². The molecule has 0 aliphatic carbocycles. The first-order chi connectivity index (χ1) is 11.0. The minimum absolute atomic E-state index is 0.0370. The van der Waals surface area contributed by atoms with Crippen molar-refractivity contribution in [1.82, 2.24) is 20.2 Å². The maximum atomic E-state index is 12.0. The van der Waals surface area contributed by atoms with E-state index in [9.17, 15) is 14.9 Å². The number of tetrazole rings is 1. The van der Waals surface area contributed by atoms with E-state index in [2.05, 4.69) is 22.4 Å². The molecule has 1 aromatic heterocycles. The third-order valence-corrected chi connectivity index (χ3v) is 3.29. The Bertz CT molecular complexity index is 713. The molecule has 9 heteroatoms. The lowest BCUT2D eigenvalue weighted by Gasteiger charge is -2.06. The van der Waals surface area contributed by atoms with Crippen molar-refractivity contribution in [1.29, 1.82) is 0 Å². The number of aromatic nitrogens is 4. The number of nitro benzene ring substituents is 1. The van der Waals surface area contributed by atoms with E-state index in [0.717, 1.165) is 12.8 Å². The number of nitrogens with zero attached hydrogens (tertiary/aromatic N) is 5. The van der Waals surface area contributed by atoms with Gasteiger partial charge in [-0.2, -0.15) is 0 Å². The molecule has 0 aliphatic rings. The number of rotatable bonds is 7. The zero-order valence-corrected chi connectivity index (χ0v) is 12.9. The van der Waals surface area contributed by atoms with E-state index < -0.39 is 10.9 Å². The maximum Gasteiger partial charge on any atom is 0.338 e. The largest absolute Gasteiger partial charge is 0.454 e. The molecule has 0 bridgehead atoms. The molecular formula is C14H17N5O4. The van der Waals surface area contributed by atoms with Crippen LogP contribution in [0, 0.1) is 17.0 Å². The molecule has 0 spiro atoms. The average molecular weight is 319 g/mol. The SMILES string of the molecule is CCCCn1nnnc1COC(=O)c1ccc([N+](=O)[O-])c(C)c1. The van der Waals surface area contributed by atoms with Crippen molar-refractivity contribution < 1.29 is 14.5 Å². The number of ether oxygens (including phenoxy) is 1. The van der Waals surface area contributed by atoms with E-state index in [1.807, 2.05) is 0 Å². The summed E-state index contributed by atoms with van der Waals surface area (Å²) in [6.45, 7) is 4.24. The van der Waals surface area contributed by atoms with E-state index >= 15 is 0 Å². The van der Waals surface area contributed by atoms with Gasteiger partial charge in [-0.05, 0) is 35.9 Å². The van der Waals surface area contributed by atoms with Gasteiger partial charge in [-0.15, -0.1) is 5.10 Å². The van der Waals surface area contributed by atoms with Gasteiger partial charge < -0.3 is 4.74 Å². The van der Waals surface area contributed by atoms with Gasteiger partial charge in [-0.1, -0.05) is 13.3 Å². The van der Waals surface area contributed by atoms with Gasteiger partial charge in [-0.3, -0.25) is 10.1 Å². The molecule has 0 unspecified atom stereocenters. The van der Waals surface area contributed by atoms with Crippen molar-refractivity contribution in [2.75, 3.05) is 0 Å². The number of carbonyl (C=O) groups excluding carboxylic acids is 1. The minimum Gasteiger partial charge on any atom is -0.454 e. The molecule has 0 saturated carbocycles. The van der Waals surface area contributed by atoms with Gasteiger partial charge >= 0.3 is 5.97 Å². The Labute approximate surface area is 132 Å².